The van der Waals surface area contributed by atoms with Gasteiger partial charge in [0.05, 0.1) is 31.4 Å². The Bertz CT molecular complexity index is 2710. The SMILES string of the molecule is COc1cc2cc(c1Cl)N(C)C(=O)C[C@H](OC(=O)[C@H](C)N(C)C(=O)CCSC(=O)N(C)CCN(C)C(=O)OC1/C=C/CC(OCC(=O)NCCN3C(=O)C=CC3=O)CCC1)[C@]1(C)O[C@H]1[C@H](C)[C@@H]1C[C@@](O)(NC(=O)O1)[C@H](OC)/C=C/C=C(\C)C2. The molecule has 2 fully saturated rings. The first-order chi connectivity index (χ1) is 39.3. The van der Waals surface area contributed by atoms with Gasteiger partial charge in [-0.05, 0) is 76.6 Å². The molecule has 1 aromatic rings. The molecule has 4 aliphatic heterocycles. The van der Waals surface area contributed by atoms with E-state index in [1.54, 1.807) is 58.3 Å². The Balaban J connectivity index is 0.990. The van der Waals surface area contributed by atoms with Crippen molar-refractivity contribution in [2.45, 2.75) is 133 Å². The third kappa shape index (κ3) is 17.3. The van der Waals surface area contributed by atoms with Gasteiger partial charge in [-0.15, -0.1) is 0 Å². The zero-order chi connectivity index (χ0) is 60.9. The number of alkyl carbamates (subject to hydrolysis) is 1. The largest absolute Gasteiger partial charge is 0.495 e. The standard InChI is InChI=1S/C57H78ClN7O17S/c1-34-14-11-19-43(77-10)57(75)32-42(80-53(72)60-57)35(2)51-56(4,82-51)44(31-49(70)64(8)40-29-37(28-34)30-41(76-9)50(40)58)81-52(71)36(3)63(7)46(67)22-27-83-55(74)62(6)26-25-61(5)54(73)79-39-17-12-15-38(16-13-18-39)78-33-45(66)59-23-24-65-47(68)20-21-48(65)69/h11-12,14,17,19-21,29-30,35-36,38-39,42-44,51,75H,13,15-16,18,22-28,31-33H2,1-10H3,(H,59,66)(H,60,72)/b17-12+,19-11+,34-14+/t35-,36+,38?,39?,42+,43-,44+,51+,56+,57+/m1/s1. The van der Waals surface area contributed by atoms with Gasteiger partial charge in [0.2, 0.25) is 17.7 Å². The topological polar surface area (TPSA) is 282 Å². The Hall–Kier alpha value is -6.51. The molecule has 0 spiro atoms. The van der Waals surface area contributed by atoms with E-state index in [1.165, 1.54) is 67.0 Å². The molecule has 10 atom stereocenters. The predicted molar refractivity (Wildman–Crippen MR) is 305 cm³/mol. The zero-order valence-electron chi connectivity index (χ0n) is 48.7. The van der Waals surface area contributed by atoms with Gasteiger partial charge in [-0.1, -0.05) is 60.2 Å². The smallest absolute Gasteiger partial charge is 0.410 e. The van der Waals surface area contributed by atoms with Crippen molar-refractivity contribution in [1.29, 1.82) is 0 Å². The third-order valence-electron chi connectivity index (χ3n) is 15.5. The summed E-state index contributed by atoms with van der Waals surface area (Å²) in [6.07, 6.45) is 7.11. The van der Waals surface area contributed by atoms with Crippen LogP contribution in [-0.4, -0.2) is 213 Å². The number of epoxide rings is 1. The first kappa shape index (κ1) is 65.6. The molecule has 1 aliphatic carbocycles. The maximum atomic E-state index is 14.4. The maximum absolute atomic E-state index is 14.4. The number of anilines is 1. The summed E-state index contributed by atoms with van der Waals surface area (Å²) in [7, 11) is 8.97. The van der Waals surface area contributed by atoms with Crippen LogP contribution in [0.2, 0.25) is 5.02 Å². The van der Waals surface area contributed by atoms with Gasteiger partial charge in [0.1, 0.15) is 53.4 Å². The van der Waals surface area contributed by atoms with Gasteiger partial charge in [0.15, 0.2) is 5.72 Å². The van der Waals surface area contributed by atoms with Crippen molar-refractivity contribution in [3.05, 3.63) is 70.8 Å². The van der Waals surface area contributed by atoms with Crippen molar-refractivity contribution < 1.29 is 81.4 Å². The molecule has 3 N–H and O–H groups in total. The number of hydrogen-bond donors (Lipinski definition) is 3. The number of ether oxygens (including phenoxy) is 7. The first-order valence-corrected chi connectivity index (χ1v) is 28.9. The van der Waals surface area contributed by atoms with Gasteiger partial charge >= 0.3 is 18.2 Å². The molecule has 24 nitrogen and oxygen atoms in total. The van der Waals surface area contributed by atoms with Gasteiger partial charge < -0.3 is 63.2 Å². The summed E-state index contributed by atoms with van der Waals surface area (Å²) < 4.78 is 41.0. The minimum atomic E-state index is -1.89. The van der Waals surface area contributed by atoms with Crippen LogP contribution < -0.4 is 20.3 Å². The van der Waals surface area contributed by atoms with Crippen LogP contribution >= 0.6 is 23.4 Å². The molecule has 8 amide bonds. The molecular formula is C57H78ClN7O17S. The molecular weight excluding hydrogens is 1120 g/mol. The summed E-state index contributed by atoms with van der Waals surface area (Å²) in [6.45, 7) is 7.11. The minimum Gasteiger partial charge on any atom is -0.495 e. The Morgan fingerprint density at radius 2 is 1.72 bits per heavy atom. The number of aliphatic hydroxyl groups is 1. The number of nitrogens with zero attached hydrogens (tertiary/aromatic N) is 5. The highest BCUT2D eigenvalue weighted by Gasteiger charge is 2.64. The second-order valence-electron chi connectivity index (χ2n) is 21.6. The molecule has 4 heterocycles. The lowest BCUT2D eigenvalue weighted by Crippen LogP contribution is -2.63. The van der Waals surface area contributed by atoms with Gasteiger partial charge in [0, 0.05) is 98.1 Å². The minimum absolute atomic E-state index is 0.0616. The maximum Gasteiger partial charge on any atom is 0.410 e. The number of carbonyl (C=O) groups excluding carboxylic acids is 9. The van der Waals surface area contributed by atoms with E-state index < -0.39 is 102 Å². The van der Waals surface area contributed by atoms with Gasteiger partial charge in [0.25, 0.3) is 17.1 Å². The van der Waals surface area contributed by atoms with Crippen molar-refractivity contribution in [3.8, 4) is 5.75 Å². The molecule has 0 saturated carbocycles. The lowest BCUT2D eigenvalue weighted by molar-refractivity contribution is -0.162. The number of likely N-dealkylation sites (N-methyl/N-ethyl adjacent to an activating group) is 3. The normalized spacial score (nSPS) is 28.1. The lowest BCUT2D eigenvalue weighted by atomic mass is 9.83. The molecule has 4 bridgehead atoms. The summed E-state index contributed by atoms with van der Waals surface area (Å²) in [5.74, 6) is -3.24. The second kappa shape index (κ2) is 29.3. The van der Waals surface area contributed by atoms with E-state index in [0.717, 1.165) is 27.8 Å². The number of amides is 8. The van der Waals surface area contributed by atoms with Crippen molar-refractivity contribution >= 4 is 82.0 Å². The summed E-state index contributed by atoms with van der Waals surface area (Å²) in [4.78, 5) is 123. The Morgan fingerprint density at radius 3 is 2.42 bits per heavy atom. The van der Waals surface area contributed by atoms with Crippen LogP contribution in [0.25, 0.3) is 0 Å². The molecule has 0 aromatic heterocycles. The number of carbonyl (C=O) groups is 9. The van der Waals surface area contributed by atoms with Gasteiger partial charge in [-0.2, -0.15) is 0 Å². The number of hydrogen-bond acceptors (Lipinski definition) is 18. The molecule has 5 aliphatic rings. The highest BCUT2D eigenvalue weighted by Crippen LogP contribution is 2.49. The Labute approximate surface area is 493 Å². The second-order valence-corrected chi connectivity index (χ2v) is 23.0. The lowest BCUT2D eigenvalue weighted by Gasteiger charge is -2.42. The number of methoxy groups -OCH3 is 2. The average Bonchev–Trinajstić information content (AvgIpc) is 3.94. The molecule has 83 heavy (non-hydrogen) atoms. The van der Waals surface area contributed by atoms with Crippen LogP contribution in [0.1, 0.15) is 78.2 Å². The number of allylic oxidation sites excluding steroid dienone is 3. The average molecular weight is 1200 g/mol. The third-order valence-corrected chi connectivity index (χ3v) is 16.8. The highest BCUT2D eigenvalue weighted by molar-refractivity contribution is 8.13. The summed E-state index contributed by atoms with van der Waals surface area (Å²) in [6, 6.07) is 2.36. The molecule has 2 unspecified atom stereocenters. The number of halogens is 1. The van der Waals surface area contributed by atoms with Crippen LogP contribution in [0.5, 0.6) is 5.75 Å². The van der Waals surface area contributed by atoms with E-state index in [-0.39, 0.29) is 73.7 Å². The molecule has 2 saturated heterocycles. The van der Waals surface area contributed by atoms with E-state index in [9.17, 15) is 48.3 Å². The van der Waals surface area contributed by atoms with Crippen LogP contribution in [0.15, 0.2) is 60.2 Å². The fraction of sp³-hybridized carbons (Fsp3) is 0.596. The molecule has 0 radical (unpaired) electrons. The van der Waals surface area contributed by atoms with Crippen LogP contribution in [-0.2, 0) is 63.6 Å². The number of nitrogens with one attached hydrogen (secondary N) is 2. The first-order valence-electron chi connectivity index (χ1n) is 27.5. The molecule has 6 rings (SSSR count). The van der Waals surface area contributed by atoms with E-state index in [4.69, 9.17) is 44.8 Å². The molecule has 1 aromatic carbocycles. The fourth-order valence-corrected chi connectivity index (χ4v) is 11.1. The fourth-order valence-electron chi connectivity index (χ4n) is 10.0. The van der Waals surface area contributed by atoms with E-state index in [1.807, 2.05) is 19.1 Å². The summed E-state index contributed by atoms with van der Waals surface area (Å²) >= 11 is 7.72. The van der Waals surface area contributed by atoms with E-state index >= 15 is 0 Å². The monoisotopic (exact) mass is 1200 g/mol. The predicted octanol–water partition coefficient (Wildman–Crippen LogP) is 4.68. The number of fused-ring (bicyclic) bond motifs is 5. The number of imide groups is 1. The molecule has 456 valence electrons. The highest BCUT2D eigenvalue weighted by atomic mass is 35.5. The van der Waals surface area contributed by atoms with Crippen LogP contribution in [0.3, 0.4) is 0 Å². The number of thioether (sulfide) groups is 1. The van der Waals surface area contributed by atoms with Crippen LogP contribution in [0, 0.1) is 5.92 Å². The number of benzene rings is 1. The number of rotatable bonds is 18. The van der Waals surface area contributed by atoms with Crippen molar-refractivity contribution in [1.82, 2.24) is 30.2 Å². The van der Waals surface area contributed by atoms with E-state index in [0.29, 0.717) is 43.5 Å². The van der Waals surface area contributed by atoms with Crippen molar-refractivity contribution in [2.75, 3.05) is 85.8 Å². The van der Waals surface area contributed by atoms with Gasteiger partial charge in [-0.25, -0.2) is 14.4 Å². The Kier molecular flexibility index (Phi) is 23.2. The van der Waals surface area contributed by atoms with Crippen molar-refractivity contribution in [2.24, 2.45) is 5.92 Å². The zero-order valence-corrected chi connectivity index (χ0v) is 50.3. The van der Waals surface area contributed by atoms with Gasteiger partial charge in [-0.3, -0.25) is 39.0 Å². The van der Waals surface area contributed by atoms with Crippen LogP contribution in [0.4, 0.5) is 20.1 Å². The Morgan fingerprint density at radius 1 is 1.01 bits per heavy atom. The molecule has 26 heteroatoms. The number of esters is 1. The summed E-state index contributed by atoms with van der Waals surface area (Å²) in [5.41, 5.74) is -1.23. The van der Waals surface area contributed by atoms with Crippen molar-refractivity contribution in [3.63, 3.8) is 0 Å². The summed E-state index contributed by atoms with van der Waals surface area (Å²) in [5, 5.41) is 16.8. The van der Waals surface area contributed by atoms with E-state index in [2.05, 4.69) is 10.6 Å². The quantitative estimate of drug-likeness (QED) is 0.0591.